The summed E-state index contributed by atoms with van der Waals surface area (Å²) in [6.45, 7) is 5.85. The Morgan fingerprint density at radius 2 is 2.36 bits per heavy atom. The molecule has 0 aromatic carbocycles. The topological polar surface area (TPSA) is 24.5 Å². The third-order valence-corrected chi connectivity index (χ3v) is 2.34. The highest BCUT2D eigenvalue weighted by molar-refractivity contribution is 4.72. The molecule has 1 fully saturated rings. The van der Waals surface area contributed by atoms with Crippen LogP contribution in [0.3, 0.4) is 0 Å². The lowest BCUT2D eigenvalue weighted by Crippen LogP contribution is -2.46. The highest BCUT2D eigenvalue weighted by Crippen LogP contribution is 2.03. The van der Waals surface area contributed by atoms with Crippen LogP contribution in [-0.4, -0.2) is 56.8 Å². The first kappa shape index (κ1) is 11.8. The molecular formula is C9H18F2N2O. The van der Waals surface area contributed by atoms with Gasteiger partial charge in [0.05, 0.1) is 19.3 Å². The zero-order valence-electron chi connectivity index (χ0n) is 8.51. The van der Waals surface area contributed by atoms with E-state index in [-0.39, 0.29) is 12.6 Å². The van der Waals surface area contributed by atoms with Crippen LogP contribution in [0.5, 0.6) is 0 Å². The smallest absolute Gasteiger partial charge is 0.250 e. The second kappa shape index (κ2) is 6.27. The standard InChI is InChI=1S/C9H18F2N2O/c1-2-13-3-4-14-8(7-13)5-12-6-9(10)11/h8-9,12H,2-7H2,1H3. The molecule has 0 saturated carbocycles. The first-order valence-corrected chi connectivity index (χ1v) is 5.05. The SMILES string of the molecule is CCN1CCOC(CNCC(F)F)C1. The molecule has 84 valence electrons. The zero-order chi connectivity index (χ0) is 10.4. The summed E-state index contributed by atoms with van der Waals surface area (Å²) in [6.07, 6.45) is -2.22. The van der Waals surface area contributed by atoms with E-state index in [0.717, 1.165) is 19.6 Å². The van der Waals surface area contributed by atoms with E-state index in [1.54, 1.807) is 0 Å². The fraction of sp³-hybridized carbons (Fsp3) is 1.00. The Balaban J connectivity index is 2.11. The molecule has 0 spiro atoms. The van der Waals surface area contributed by atoms with Crippen LogP contribution >= 0.6 is 0 Å². The van der Waals surface area contributed by atoms with Crippen LogP contribution in [-0.2, 0) is 4.74 Å². The van der Waals surface area contributed by atoms with Crippen molar-refractivity contribution in [1.29, 1.82) is 0 Å². The number of rotatable bonds is 5. The molecule has 0 aliphatic carbocycles. The van der Waals surface area contributed by atoms with Crippen molar-refractivity contribution in [3.63, 3.8) is 0 Å². The molecule has 0 aromatic rings. The van der Waals surface area contributed by atoms with Gasteiger partial charge < -0.3 is 10.1 Å². The van der Waals surface area contributed by atoms with Crippen molar-refractivity contribution in [1.82, 2.24) is 10.2 Å². The van der Waals surface area contributed by atoms with Gasteiger partial charge in [-0.3, -0.25) is 4.90 Å². The van der Waals surface area contributed by atoms with E-state index < -0.39 is 6.43 Å². The number of halogens is 2. The van der Waals surface area contributed by atoms with Crippen molar-refractivity contribution in [3.05, 3.63) is 0 Å². The molecule has 1 rings (SSSR count). The summed E-state index contributed by atoms with van der Waals surface area (Å²) >= 11 is 0. The van der Waals surface area contributed by atoms with E-state index in [1.165, 1.54) is 0 Å². The average molecular weight is 208 g/mol. The van der Waals surface area contributed by atoms with Gasteiger partial charge in [0.15, 0.2) is 0 Å². The van der Waals surface area contributed by atoms with Crippen molar-refractivity contribution in [2.24, 2.45) is 0 Å². The minimum atomic E-state index is -2.28. The van der Waals surface area contributed by atoms with Crippen LogP contribution in [0.25, 0.3) is 0 Å². The van der Waals surface area contributed by atoms with Gasteiger partial charge in [-0.05, 0) is 6.54 Å². The molecule has 1 aliphatic rings. The summed E-state index contributed by atoms with van der Waals surface area (Å²) in [4.78, 5) is 2.26. The third kappa shape index (κ3) is 4.30. The molecule has 0 aromatic heterocycles. The molecule has 0 radical (unpaired) electrons. The van der Waals surface area contributed by atoms with Gasteiger partial charge in [0.2, 0.25) is 0 Å². The maximum absolute atomic E-state index is 11.8. The molecule has 14 heavy (non-hydrogen) atoms. The van der Waals surface area contributed by atoms with Crippen LogP contribution in [0.4, 0.5) is 8.78 Å². The summed E-state index contributed by atoms with van der Waals surface area (Å²) in [5.74, 6) is 0. The molecule has 0 bridgehead atoms. The second-order valence-electron chi connectivity index (χ2n) is 3.44. The summed E-state index contributed by atoms with van der Waals surface area (Å²) in [7, 11) is 0. The number of alkyl halides is 2. The number of hydrogen-bond donors (Lipinski definition) is 1. The number of ether oxygens (including phenoxy) is 1. The Hall–Kier alpha value is -0.260. The van der Waals surface area contributed by atoms with Gasteiger partial charge in [-0.25, -0.2) is 8.78 Å². The fourth-order valence-electron chi connectivity index (χ4n) is 1.54. The van der Waals surface area contributed by atoms with Crippen LogP contribution in [0.15, 0.2) is 0 Å². The Kier molecular flexibility index (Phi) is 5.29. The van der Waals surface area contributed by atoms with Crippen molar-refractivity contribution >= 4 is 0 Å². The number of hydrogen-bond acceptors (Lipinski definition) is 3. The number of likely N-dealkylation sites (N-methyl/N-ethyl adjacent to an activating group) is 1. The quantitative estimate of drug-likeness (QED) is 0.714. The second-order valence-corrected chi connectivity index (χ2v) is 3.44. The molecule has 1 N–H and O–H groups in total. The molecule has 0 amide bonds. The van der Waals surface area contributed by atoms with Crippen LogP contribution in [0.2, 0.25) is 0 Å². The molecule has 1 saturated heterocycles. The van der Waals surface area contributed by atoms with E-state index in [1.807, 2.05) is 0 Å². The normalized spacial score (nSPS) is 24.4. The van der Waals surface area contributed by atoms with Gasteiger partial charge >= 0.3 is 0 Å². The van der Waals surface area contributed by atoms with E-state index >= 15 is 0 Å². The van der Waals surface area contributed by atoms with Crippen molar-refractivity contribution in [2.75, 3.05) is 39.3 Å². The third-order valence-electron chi connectivity index (χ3n) is 2.34. The number of nitrogens with zero attached hydrogens (tertiary/aromatic N) is 1. The lowest BCUT2D eigenvalue weighted by molar-refractivity contribution is -0.0265. The number of morpholine rings is 1. The lowest BCUT2D eigenvalue weighted by Gasteiger charge is -2.32. The van der Waals surface area contributed by atoms with E-state index in [0.29, 0.717) is 13.2 Å². The highest BCUT2D eigenvalue weighted by atomic mass is 19.3. The Labute approximate surface area is 83.4 Å². The Bertz CT molecular complexity index is 158. The summed E-state index contributed by atoms with van der Waals surface area (Å²) in [5, 5.41) is 2.70. The van der Waals surface area contributed by atoms with Crippen LogP contribution in [0.1, 0.15) is 6.92 Å². The zero-order valence-corrected chi connectivity index (χ0v) is 8.51. The summed E-state index contributed by atoms with van der Waals surface area (Å²) in [5.41, 5.74) is 0. The fourth-order valence-corrected chi connectivity index (χ4v) is 1.54. The van der Waals surface area contributed by atoms with Crippen LogP contribution < -0.4 is 5.32 Å². The predicted molar refractivity (Wildman–Crippen MR) is 50.7 cm³/mol. The molecule has 1 heterocycles. The predicted octanol–water partition coefficient (Wildman–Crippen LogP) is 0.562. The van der Waals surface area contributed by atoms with Crippen LogP contribution in [0, 0.1) is 0 Å². The van der Waals surface area contributed by atoms with Crippen molar-refractivity contribution in [3.8, 4) is 0 Å². The molecule has 1 aliphatic heterocycles. The summed E-state index contributed by atoms with van der Waals surface area (Å²) in [6, 6.07) is 0. The van der Waals surface area contributed by atoms with Gasteiger partial charge in [-0.1, -0.05) is 6.92 Å². The van der Waals surface area contributed by atoms with Gasteiger partial charge in [-0.2, -0.15) is 0 Å². The largest absolute Gasteiger partial charge is 0.374 e. The lowest BCUT2D eigenvalue weighted by atomic mass is 10.2. The molecule has 1 atom stereocenters. The van der Waals surface area contributed by atoms with Gasteiger partial charge in [0.1, 0.15) is 0 Å². The Morgan fingerprint density at radius 3 is 3.00 bits per heavy atom. The van der Waals surface area contributed by atoms with Crippen molar-refractivity contribution in [2.45, 2.75) is 19.5 Å². The maximum atomic E-state index is 11.8. The first-order chi connectivity index (χ1) is 6.72. The van der Waals surface area contributed by atoms with E-state index in [2.05, 4.69) is 17.1 Å². The highest BCUT2D eigenvalue weighted by Gasteiger charge is 2.18. The maximum Gasteiger partial charge on any atom is 0.250 e. The van der Waals surface area contributed by atoms with Crippen molar-refractivity contribution < 1.29 is 13.5 Å². The first-order valence-electron chi connectivity index (χ1n) is 5.05. The minimum Gasteiger partial charge on any atom is -0.374 e. The molecular weight excluding hydrogens is 190 g/mol. The average Bonchev–Trinajstić information content (AvgIpc) is 2.18. The van der Waals surface area contributed by atoms with E-state index in [9.17, 15) is 8.78 Å². The van der Waals surface area contributed by atoms with Gasteiger partial charge in [-0.15, -0.1) is 0 Å². The number of nitrogens with one attached hydrogen (secondary N) is 1. The van der Waals surface area contributed by atoms with Gasteiger partial charge in [0, 0.05) is 19.6 Å². The minimum absolute atomic E-state index is 0.0578. The van der Waals surface area contributed by atoms with Gasteiger partial charge in [0.25, 0.3) is 6.43 Å². The molecule has 3 nitrogen and oxygen atoms in total. The summed E-state index contributed by atoms with van der Waals surface area (Å²) < 4.78 is 29.1. The molecule has 5 heteroatoms. The Morgan fingerprint density at radius 1 is 1.57 bits per heavy atom. The monoisotopic (exact) mass is 208 g/mol. The molecule has 1 unspecified atom stereocenters. The van der Waals surface area contributed by atoms with E-state index in [4.69, 9.17) is 4.74 Å².